The number of benzene rings is 1. The molecule has 1 aliphatic rings. The van der Waals surface area contributed by atoms with Crippen molar-refractivity contribution in [2.75, 3.05) is 26.1 Å². The number of anilines is 1. The van der Waals surface area contributed by atoms with Crippen LogP contribution in [0.4, 0.5) is 5.13 Å². The van der Waals surface area contributed by atoms with Crippen molar-refractivity contribution in [2.45, 2.75) is 25.7 Å². The van der Waals surface area contributed by atoms with Crippen LogP contribution >= 0.6 is 11.3 Å². The number of nitrogens with zero attached hydrogens (tertiary/aromatic N) is 1. The molecule has 0 aliphatic heterocycles. The molecule has 1 aromatic heterocycles. The van der Waals surface area contributed by atoms with Crippen LogP contribution in [-0.4, -0.2) is 31.7 Å². The fourth-order valence-corrected chi connectivity index (χ4v) is 4.14. The van der Waals surface area contributed by atoms with Crippen LogP contribution in [-0.2, 0) is 9.53 Å². The molecule has 1 saturated carbocycles. The zero-order valence-electron chi connectivity index (χ0n) is 13.5. The summed E-state index contributed by atoms with van der Waals surface area (Å²) in [6.07, 6.45) is 4.27. The van der Waals surface area contributed by atoms with E-state index in [0.717, 1.165) is 46.9 Å². The Morgan fingerprint density at radius 1 is 1.35 bits per heavy atom. The summed E-state index contributed by atoms with van der Waals surface area (Å²) in [4.78, 5) is 16.5. The summed E-state index contributed by atoms with van der Waals surface area (Å²) < 4.78 is 11.3. The predicted molar refractivity (Wildman–Crippen MR) is 92.1 cm³/mol. The maximum Gasteiger partial charge on any atom is 0.309 e. The number of rotatable bonds is 5. The number of ether oxygens (including phenoxy) is 2. The average Bonchev–Trinajstić information content (AvgIpc) is 3.01. The molecule has 0 saturated heterocycles. The number of aromatic nitrogens is 1. The van der Waals surface area contributed by atoms with Crippen LogP contribution in [0.5, 0.6) is 5.75 Å². The zero-order chi connectivity index (χ0) is 16.2. The molecular weight excluding hydrogens is 312 g/mol. The molecule has 0 bridgehead atoms. The van der Waals surface area contributed by atoms with E-state index >= 15 is 0 Å². The molecule has 1 aliphatic carbocycles. The average molecular weight is 334 g/mol. The number of nitrogens with one attached hydrogen (secondary N) is 1. The summed E-state index contributed by atoms with van der Waals surface area (Å²) in [5.74, 6) is 1.09. The molecule has 0 amide bonds. The molecule has 2 unspecified atom stereocenters. The monoisotopic (exact) mass is 334 g/mol. The maximum absolute atomic E-state index is 11.9. The maximum atomic E-state index is 11.9. The third-order valence-corrected chi connectivity index (χ3v) is 5.50. The molecular formula is C17H22N2O3S. The van der Waals surface area contributed by atoms with E-state index in [1.165, 1.54) is 13.5 Å². The Hall–Kier alpha value is -1.82. The van der Waals surface area contributed by atoms with Gasteiger partial charge in [0, 0.05) is 6.54 Å². The first kappa shape index (κ1) is 16.1. The molecule has 6 heteroatoms. The van der Waals surface area contributed by atoms with Gasteiger partial charge in [-0.2, -0.15) is 0 Å². The lowest BCUT2D eigenvalue weighted by Gasteiger charge is -2.29. The number of hydrogen-bond donors (Lipinski definition) is 1. The van der Waals surface area contributed by atoms with E-state index in [0.29, 0.717) is 5.92 Å². The third kappa shape index (κ3) is 3.58. The fourth-order valence-electron chi connectivity index (χ4n) is 3.24. The molecule has 1 N–H and O–H groups in total. The Balaban J connectivity index is 1.68. The van der Waals surface area contributed by atoms with Crippen LogP contribution in [0.25, 0.3) is 10.2 Å². The third-order valence-electron chi connectivity index (χ3n) is 4.52. The van der Waals surface area contributed by atoms with Crippen LogP contribution in [0.15, 0.2) is 18.2 Å². The topological polar surface area (TPSA) is 60.5 Å². The van der Waals surface area contributed by atoms with E-state index in [9.17, 15) is 4.79 Å². The largest absolute Gasteiger partial charge is 0.497 e. The summed E-state index contributed by atoms with van der Waals surface area (Å²) in [5, 5.41) is 4.30. The number of fused-ring (bicyclic) bond motifs is 1. The van der Waals surface area contributed by atoms with E-state index in [4.69, 9.17) is 9.47 Å². The fraction of sp³-hybridized carbons (Fsp3) is 0.529. The second-order valence-corrected chi connectivity index (χ2v) is 6.94. The number of esters is 1. The minimum Gasteiger partial charge on any atom is -0.497 e. The molecule has 2 aromatic rings. The van der Waals surface area contributed by atoms with E-state index in [1.807, 2.05) is 18.2 Å². The van der Waals surface area contributed by atoms with E-state index in [-0.39, 0.29) is 11.9 Å². The second kappa shape index (κ2) is 7.17. The van der Waals surface area contributed by atoms with Gasteiger partial charge in [-0.25, -0.2) is 4.98 Å². The van der Waals surface area contributed by atoms with Crippen molar-refractivity contribution in [3.63, 3.8) is 0 Å². The van der Waals surface area contributed by atoms with Crippen LogP contribution in [0.3, 0.4) is 0 Å². The highest BCUT2D eigenvalue weighted by Crippen LogP contribution is 2.33. The van der Waals surface area contributed by atoms with E-state index in [1.54, 1.807) is 18.4 Å². The van der Waals surface area contributed by atoms with Crippen molar-refractivity contribution < 1.29 is 14.3 Å². The van der Waals surface area contributed by atoms with Gasteiger partial charge in [0.1, 0.15) is 5.75 Å². The first-order chi connectivity index (χ1) is 11.2. The molecule has 1 heterocycles. The molecule has 1 fully saturated rings. The number of thiazole rings is 1. The lowest BCUT2D eigenvalue weighted by Crippen LogP contribution is -2.32. The quantitative estimate of drug-likeness (QED) is 0.845. The highest BCUT2D eigenvalue weighted by molar-refractivity contribution is 7.22. The van der Waals surface area contributed by atoms with Crippen LogP contribution < -0.4 is 10.1 Å². The van der Waals surface area contributed by atoms with Crippen molar-refractivity contribution >= 4 is 32.7 Å². The van der Waals surface area contributed by atoms with Gasteiger partial charge in [0.25, 0.3) is 0 Å². The Bertz CT molecular complexity index is 686. The highest BCUT2D eigenvalue weighted by Gasteiger charge is 2.31. The number of carbonyl (C=O) groups excluding carboxylic acids is 1. The minimum absolute atomic E-state index is 0.00993. The summed E-state index contributed by atoms with van der Waals surface area (Å²) >= 11 is 1.61. The second-order valence-electron chi connectivity index (χ2n) is 5.91. The van der Waals surface area contributed by atoms with Gasteiger partial charge >= 0.3 is 5.97 Å². The van der Waals surface area contributed by atoms with Crippen LogP contribution in [0.1, 0.15) is 25.7 Å². The van der Waals surface area contributed by atoms with Gasteiger partial charge < -0.3 is 14.8 Å². The predicted octanol–water partition coefficient (Wildman–Crippen LogP) is 3.70. The molecule has 0 radical (unpaired) electrons. The zero-order valence-corrected chi connectivity index (χ0v) is 14.3. The molecule has 0 spiro atoms. The van der Waals surface area contributed by atoms with Crippen molar-refractivity contribution in [1.82, 2.24) is 4.98 Å². The van der Waals surface area contributed by atoms with Gasteiger partial charge in [-0.05, 0) is 37.0 Å². The Kier molecular flexibility index (Phi) is 5.00. The van der Waals surface area contributed by atoms with E-state index < -0.39 is 0 Å². The summed E-state index contributed by atoms with van der Waals surface area (Å²) in [6, 6.07) is 5.88. The minimum atomic E-state index is -0.0782. The lowest BCUT2D eigenvalue weighted by molar-refractivity contribution is -0.148. The summed E-state index contributed by atoms with van der Waals surface area (Å²) in [5.41, 5.74) is 0.964. The van der Waals surface area contributed by atoms with Crippen molar-refractivity contribution in [3.8, 4) is 5.75 Å². The van der Waals surface area contributed by atoms with Crippen LogP contribution in [0.2, 0.25) is 0 Å². The Morgan fingerprint density at radius 2 is 2.17 bits per heavy atom. The lowest BCUT2D eigenvalue weighted by atomic mass is 9.79. The summed E-state index contributed by atoms with van der Waals surface area (Å²) in [7, 11) is 3.14. The molecule has 2 atom stereocenters. The van der Waals surface area contributed by atoms with Crippen LogP contribution in [0, 0.1) is 11.8 Å². The van der Waals surface area contributed by atoms with Crippen molar-refractivity contribution in [1.29, 1.82) is 0 Å². The Labute approximate surface area is 140 Å². The van der Waals surface area contributed by atoms with Gasteiger partial charge in [0.05, 0.1) is 30.4 Å². The smallest absolute Gasteiger partial charge is 0.309 e. The van der Waals surface area contributed by atoms with E-state index in [2.05, 4.69) is 10.3 Å². The Morgan fingerprint density at radius 3 is 2.96 bits per heavy atom. The number of hydrogen-bond acceptors (Lipinski definition) is 6. The van der Waals surface area contributed by atoms with Gasteiger partial charge in [-0.1, -0.05) is 24.2 Å². The first-order valence-corrected chi connectivity index (χ1v) is 8.79. The molecule has 1 aromatic carbocycles. The van der Waals surface area contributed by atoms with Crippen molar-refractivity contribution in [3.05, 3.63) is 18.2 Å². The number of carbonyl (C=O) groups is 1. The molecule has 3 rings (SSSR count). The summed E-state index contributed by atoms with van der Waals surface area (Å²) in [6.45, 7) is 0.761. The molecule has 5 nitrogen and oxygen atoms in total. The molecule has 23 heavy (non-hydrogen) atoms. The number of methoxy groups -OCH3 is 2. The van der Waals surface area contributed by atoms with Crippen molar-refractivity contribution in [2.24, 2.45) is 11.8 Å². The highest BCUT2D eigenvalue weighted by atomic mass is 32.1. The SMILES string of the molecule is COC(=O)C1CCCCC1CNc1nc2ccc(OC)cc2s1. The first-order valence-electron chi connectivity index (χ1n) is 7.97. The normalized spacial score (nSPS) is 21.1. The standard InChI is InChI=1S/C17H22N2O3S/c1-21-12-7-8-14-15(9-12)23-17(19-14)18-10-11-5-3-4-6-13(11)16(20)22-2/h7-9,11,13H,3-6,10H2,1-2H3,(H,18,19). The van der Waals surface area contributed by atoms with Gasteiger partial charge in [0.2, 0.25) is 0 Å². The van der Waals surface area contributed by atoms with Gasteiger partial charge in [-0.3, -0.25) is 4.79 Å². The van der Waals surface area contributed by atoms with Gasteiger partial charge in [0.15, 0.2) is 5.13 Å². The van der Waals surface area contributed by atoms with Gasteiger partial charge in [-0.15, -0.1) is 0 Å². The molecule has 124 valence electrons.